The van der Waals surface area contributed by atoms with Crippen LogP contribution in [-0.2, 0) is 11.2 Å². The Labute approximate surface area is 136 Å². The minimum atomic E-state index is -0.0309. The molecule has 0 saturated heterocycles. The number of amides is 1. The maximum Gasteiger partial charge on any atom is 0.224 e. The van der Waals surface area contributed by atoms with Crippen molar-refractivity contribution in [2.75, 3.05) is 11.9 Å². The molecule has 2 aromatic rings. The van der Waals surface area contributed by atoms with Gasteiger partial charge in [0.25, 0.3) is 0 Å². The molecule has 3 nitrogen and oxygen atoms in total. The predicted octanol–water partition coefficient (Wildman–Crippen LogP) is 4.62. The fraction of sp³-hybridized carbons (Fsp3) is 0.278. The van der Waals surface area contributed by atoms with Crippen molar-refractivity contribution in [1.82, 2.24) is 0 Å². The van der Waals surface area contributed by atoms with Crippen molar-refractivity contribution in [2.45, 2.75) is 26.7 Å². The number of anilines is 1. The Bertz CT molecular complexity index is 655. The second-order valence-electron chi connectivity index (χ2n) is 5.05. The van der Waals surface area contributed by atoms with Gasteiger partial charge in [0.15, 0.2) is 0 Å². The lowest BCUT2D eigenvalue weighted by Crippen LogP contribution is -2.13. The zero-order chi connectivity index (χ0) is 15.9. The number of benzene rings is 2. The standard InChI is InChI=1S/C18H20ClNO2/c1-3-22-17-7-5-4-6-14(17)9-11-18(21)20-16-12-15(19)10-8-13(16)2/h4-8,10,12H,3,9,11H2,1-2H3,(H,20,21). The van der Waals surface area contributed by atoms with Crippen LogP contribution in [0.4, 0.5) is 5.69 Å². The largest absolute Gasteiger partial charge is 0.494 e. The van der Waals surface area contributed by atoms with Gasteiger partial charge in [0.05, 0.1) is 6.61 Å². The summed E-state index contributed by atoms with van der Waals surface area (Å²) in [4.78, 5) is 12.1. The molecule has 0 atom stereocenters. The summed E-state index contributed by atoms with van der Waals surface area (Å²) in [6.07, 6.45) is 1.04. The second kappa shape index (κ2) is 7.85. The van der Waals surface area contributed by atoms with Crippen LogP contribution in [0, 0.1) is 6.92 Å². The molecule has 0 aliphatic carbocycles. The lowest BCUT2D eigenvalue weighted by atomic mass is 10.1. The number of hydrogen-bond donors (Lipinski definition) is 1. The molecule has 0 bridgehead atoms. The summed E-state index contributed by atoms with van der Waals surface area (Å²) in [6.45, 7) is 4.51. The summed E-state index contributed by atoms with van der Waals surface area (Å²) in [5.74, 6) is 0.813. The molecule has 0 fully saturated rings. The topological polar surface area (TPSA) is 38.3 Å². The SMILES string of the molecule is CCOc1ccccc1CCC(=O)Nc1cc(Cl)ccc1C. The smallest absolute Gasteiger partial charge is 0.224 e. The highest BCUT2D eigenvalue weighted by molar-refractivity contribution is 6.31. The molecule has 0 heterocycles. The van der Waals surface area contributed by atoms with Crippen molar-refractivity contribution >= 4 is 23.2 Å². The highest BCUT2D eigenvalue weighted by Gasteiger charge is 2.08. The number of ether oxygens (including phenoxy) is 1. The maximum absolute atomic E-state index is 12.1. The summed E-state index contributed by atoms with van der Waals surface area (Å²) < 4.78 is 5.57. The van der Waals surface area contributed by atoms with Gasteiger partial charge in [-0.2, -0.15) is 0 Å². The Hall–Kier alpha value is -2.00. The number of para-hydroxylation sites is 1. The van der Waals surface area contributed by atoms with E-state index in [1.165, 1.54) is 0 Å². The fourth-order valence-electron chi connectivity index (χ4n) is 2.20. The van der Waals surface area contributed by atoms with E-state index >= 15 is 0 Å². The Kier molecular flexibility index (Phi) is 5.84. The average Bonchev–Trinajstić information content (AvgIpc) is 2.50. The summed E-state index contributed by atoms with van der Waals surface area (Å²) in [6, 6.07) is 13.3. The van der Waals surface area contributed by atoms with Gasteiger partial charge < -0.3 is 10.1 Å². The predicted molar refractivity (Wildman–Crippen MR) is 90.8 cm³/mol. The molecule has 0 aliphatic heterocycles. The highest BCUT2D eigenvalue weighted by Crippen LogP contribution is 2.22. The van der Waals surface area contributed by atoms with Gasteiger partial charge in [0.1, 0.15) is 5.75 Å². The number of halogens is 1. The number of hydrogen-bond acceptors (Lipinski definition) is 2. The molecule has 22 heavy (non-hydrogen) atoms. The summed E-state index contributed by atoms with van der Waals surface area (Å²) in [5.41, 5.74) is 2.80. The van der Waals surface area contributed by atoms with Crippen LogP contribution in [0.3, 0.4) is 0 Å². The monoisotopic (exact) mass is 317 g/mol. The summed E-state index contributed by atoms with van der Waals surface area (Å²) in [5, 5.41) is 3.52. The van der Waals surface area contributed by atoms with Gasteiger partial charge in [-0.15, -0.1) is 0 Å². The number of aryl methyl sites for hydroxylation is 2. The fourth-order valence-corrected chi connectivity index (χ4v) is 2.37. The van der Waals surface area contributed by atoms with Crippen molar-refractivity contribution < 1.29 is 9.53 Å². The molecule has 0 aliphatic rings. The lowest BCUT2D eigenvalue weighted by molar-refractivity contribution is -0.116. The first-order valence-electron chi connectivity index (χ1n) is 7.37. The van der Waals surface area contributed by atoms with E-state index in [4.69, 9.17) is 16.3 Å². The Morgan fingerprint density at radius 2 is 2.00 bits per heavy atom. The van der Waals surface area contributed by atoms with Gasteiger partial charge in [-0.1, -0.05) is 35.9 Å². The molecular weight excluding hydrogens is 298 g/mol. The lowest BCUT2D eigenvalue weighted by Gasteiger charge is -2.11. The van der Waals surface area contributed by atoms with Crippen LogP contribution in [0.25, 0.3) is 0 Å². The quantitative estimate of drug-likeness (QED) is 0.844. The zero-order valence-electron chi connectivity index (χ0n) is 12.9. The van der Waals surface area contributed by atoms with Gasteiger partial charge in [-0.25, -0.2) is 0 Å². The van der Waals surface area contributed by atoms with E-state index in [1.54, 1.807) is 6.07 Å². The first kappa shape index (κ1) is 16.4. The van der Waals surface area contributed by atoms with Crippen LogP contribution in [0.15, 0.2) is 42.5 Å². The molecule has 0 spiro atoms. The molecule has 0 aromatic heterocycles. The normalized spacial score (nSPS) is 10.3. The molecule has 116 valence electrons. The molecular formula is C18H20ClNO2. The number of nitrogens with one attached hydrogen (secondary N) is 1. The first-order valence-corrected chi connectivity index (χ1v) is 7.74. The van der Waals surface area contributed by atoms with Crippen molar-refractivity contribution in [3.05, 3.63) is 58.6 Å². The minimum Gasteiger partial charge on any atom is -0.494 e. The van der Waals surface area contributed by atoms with Gasteiger partial charge in [-0.05, 0) is 49.6 Å². The third kappa shape index (κ3) is 4.50. The third-order valence-electron chi connectivity index (χ3n) is 3.37. The van der Waals surface area contributed by atoms with E-state index in [1.807, 2.05) is 50.2 Å². The minimum absolute atomic E-state index is 0.0309. The van der Waals surface area contributed by atoms with Crippen LogP contribution in [0.2, 0.25) is 5.02 Å². The van der Waals surface area contributed by atoms with Crippen LogP contribution in [0.5, 0.6) is 5.75 Å². The Morgan fingerprint density at radius 1 is 1.23 bits per heavy atom. The van der Waals surface area contributed by atoms with Crippen LogP contribution in [0.1, 0.15) is 24.5 Å². The van der Waals surface area contributed by atoms with Crippen molar-refractivity contribution in [3.63, 3.8) is 0 Å². The molecule has 4 heteroatoms. The molecule has 2 aromatic carbocycles. The van der Waals surface area contributed by atoms with Gasteiger partial charge in [-0.3, -0.25) is 4.79 Å². The van der Waals surface area contributed by atoms with E-state index < -0.39 is 0 Å². The van der Waals surface area contributed by atoms with Crippen LogP contribution >= 0.6 is 11.6 Å². The number of carbonyl (C=O) groups is 1. The Balaban J connectivity index is 1.97. The molecule has 0 unspecified atom stereocenters. The van der Waals surface area contributed by atoms with E-state index in [0.717, 1.165) is 22.6 Å². The zero-order valence-corrected chi connectivity index (χ0v) is 13.6. The molecule has 1 amide bonds. The summed E-state index contributed by atoms with van der Waals surface area (Å²) >= 11 is 5.96. The van der Waals surface area contributed by atoms with Crippen molar-refractivity contribution in [3.8, 4) is 5.75 Å². The Morgan fingerprint density at radius 3 is 2.77 bits per heavy atom. The third-order valence-corrected chi connectivity index (χ3v) is 3.60. The van der Waals surface area contributed by atoms with Gasteiger partial charge in [0.2, 0.25) is 5.91 Å². The van der Waals surface area contributed by atoms with E-state index in [0.29, 0.717) is 24.5 Å². The molecule has 0 saturated carbocycles. The van der Waals surface area contributed by atoms with Crippen LogP contribution < -0.4 is 10.1 Å². The molecule has 2 rings (SSSR count). The molecule has 0 radical (unpaired) electrons. The average molecular weight is 318 g/mol. The number of rotatable bonds is 6. The maximum atomic E-state index is 12.1. The van der Waals surface area contributed by atoms with Gasteiger partial charge in [0, 0.05) is 17.1 Å². The van der Waals surface area contributed by atoms with Crippen LogP contribution in [-0.4, -0.2) is 12.5 Å². The van der Waals surface area contributed by atoms with Crippen molar-refractivity contribution in [1.29, 1.82) is 0 Å². The van der Waals surface area contributed by atoms with E-state index in [9.17, 15) is 4.79 Å². The first-order chi connectivity index (χ1) is 10.6. The summed E-state index contributed by atoms with van der Waals surface area (Å²) in [7, 11) is 0. The highest BCUT2D eigenvalue weighted by atomic mass is 35.5. The van der Waals surface area contributed by atoms with Gasteiger partial charge >= 0.3 is 0 Å². The molecule has 1 N–H and O–H groups in total. The second-order valence-corrected chi connectivity index (χ2v) is 5.48. The number of carbonyl (C=O) groups excluding carboxylic acids is 1. The van der Waals surface area contributed by atoms with E-state index in [-0.39, 0.29) is 5.91 Å². The van der Waals surface area contributed by atoms with Crippen molar-refractivity contribution in [2.24, 2.45) is 0 Å². The van der Waals surface area contributed by atoms with E-state index in [2.05, 4.69) is 5.32 Å².